The Morgan fingerprint density at radius 2 is 1.68 bits per heavy atom. The number of rotatable bonds is 5. The standard InChI is InChI=1S/C24H23Cl2N5O2.C2HF3O2/c25-18-15-21-24(33)28-19-14-16(6-7-20(19)31(21)22(18)26)23(32)27-8-9-29-10-12-30(13-11-29)17-4-2-1-3-5-17;3-2(4,5)1(6)7/h1-7,14-15H,8-13H2,(H,27,32)(H,28,33);(H,6,7). The van der Waals surface area contributed by atoms with E-state index in [-0.39, 0.29) is 16.6 Å². The summed E-state index contributed by atoms with van der Waals surface area (Å²) in [6, 6.07) is 17.2. The van der Waals surface area contributed by atoms with Gasteiger partial charge in [-0.1, -0.05) is 41.4 Å². The second kappa shape index (κ2) is 12.3. The van der Waals surface area contributed by atoms with Gasteiger partial charge in [0.15, 0.2) is 0 Å². The first-order valence-electron chi connectivity index (χ1n) is 12.2. The van der Waals surface area contributed by atoms with Gasteiger partial charge in [0.1, 0.15) is 22.3 Å². The number of nitrogens with one attached hydrogen (secondary N) is 3. The van der Waals surface area contributed by atoms with Gasteiger partial charge in [-0.2, -0.15) is 13.2 Å². The van der Waals surface area contributed by atoms with E-state index in [1.165, 1.54) is 16.7 Å². The minimum atomic E-state index is -5.19. The molecule has 0 bridgehead atoms. The van der Waals surface area contributed by atoms with Crippen LogP contribution in [0.1, 0.15) is 10.4 Å². The monoisotopic (exact) mass is 597 g/mol. The van der Waals surface area contributed by atoms with E-state index >= 15 is 0 Å². The highest BCUT2D eigenvalue weighted by Gasteiger charge is 2.28. The van der Waals surface area contributed by atoms with Crippen molar-refractivity contribution in [3.05, 3.63) is 80.7 Å². The first-order chi connectivity index (χ1) is 19.0. The number of aliphatic carboxylic acids is 1. The largest absolute Gasteiger partial charge is 0.542 e. The molecule has 1 fully saturated rings. The van der Waals surface area contributed by atoms with E-state index in [2.05, 4.69) is 39.5 Å². The maximum Gasteiger partial charge on any atom is 0.430 e. The molecule has 0 aliphatic carbocycles. The van der Waals surface area contributed by atoms with Gasteiger partial charge in [-0.3, -0.25) is 18.9 Å². The Hall–Kier alpha value is -3.58. The fourth-order valence-corrected chi connectivity index (χ4v) is 4.88. The maximum absolute atomic E-state index is 12.7. The smallest absolute Gasteiger partial charge is 0.430 e. The molecule has 0 unspecified atom stereocenters. The molecule has 3 heterocycles. The number of fused-ring (bicyclic) bond motifs is 3. The van der Waals surface area contributed by atoms with Crippen LogP contribution < -0.4 is 20.9 Å². The van der Waals surface area contributed by atoms with Crippen molar-refractivity contribution < 1.29 is 32.8 Å². The number of piperazine rings is 1. The molecule has 2 aromatic carbocycles. The predicted octanol–water partition coefficient (Wildman–Crippen LogP) is 1.65. The molecule has 3 N–H and O–H groups in total. The van der Waals surface area contributed by atoms with Gasteiger partial charge in [0.25, 0.3) is 11.5 Å². The van der Waals surface area contributed by atoms with Crippen molar-refractivity contribution in [3.8, 4) is 0 Å². The number of aromatic amines is 1. The molecule has 0 radical (unpaired) electrons. The molecular formula is C26H24Cl2F3N5O4. The van der Waals surface area contributed by atoms with Gasteiger partial charge in [-0.15, -0.1) is 0 Å². The van der Waals surface area contributed by atoms with Crippen molar-refractivity contribution in [1.82, 2.24) is 19.6 Å². The van der Waals surface area contributed by atoms with Crippen molar-refractivity contribution in [1.29, 1.82) is 0 Å². The third-order valence-electron chi connectivity index (χ3n) is 6.46. The summed E-state index contributed by atoms with van der Waals surface area (Å²) in [7, 11) is 0. The first kappa shape index (κ1) is 29.4. The number of carboxylic acid groups (broad SMARTS) is 1. The van der Waals surface area contributed by atoms with E-state index in [0.717, 1.165) is 32.7 Å². The summed E-state index contributed by atoms with van der Waals surface area (Å²) in [5.41, 5.74) is 3.06. The Bertz CT molecular complexity index is 1580. The fourth-order valence-electron chi connectivity index (χ4n) is 4.46. The Morgan fingerprint density at radius 1 is 1.02 bits per heavy atom. The van der Waals surface area contributed by atoms with E-state index < -0.39 is 12.1 Å². The van der Waals surface area contributed by atoms with E-state index in [4.69, 9.17) is 33.1 Å². The number of amides is 1. The minimum Gasteiger partial charge on any atom is -0.542 e. The Kier molecular flexibility index (Phi) is 9.04. The van der Waals surface area contributed by atoms with Gasteiger partial charge in [-0.05, 0) is 36.4 Å². The van der Waals surface area contributed by atoms with Crippen LogP contribution in [-0.4, -0.2) is 71.6 Å². The molecule has 1 saturated heterocycles. The van der Waals surface area contributed by atoms with E-state index in [0.29, 0.717) is 33.7 Å². The lowest BCUT2D eigenvalue weighted by Crippen LogP contribution is -3.10. The number of alkyl halides is 3. The van der Waals surface area contributed by atoms with Crippen LogP contribution in [0, 0.1) is 0 Å². The fraction of sp³-hybridized carbons (Fsp3) is 0.269. The molecular weight excluding hydrogens is 574 g/mol. The normalized spacial score (nSPS) is 14.6. The molecule has 4 aromatic rings. The van der Waals surface area contributed by atoms with Crippen molar-refractivity contribution in [2.75, 3.05) is 39.3 Å². The summed E-state index contributed by atoms with van der Waals surface area (Å²) in [5.74, 6) is -3.18. The maximum atomic E-state index is 12.7. The van der Waals surface area contributed by atoms with Crippen molar-refractivity contribution >= 4 is 57.3 Å². The minimum absolute atomic E-state index is 0.178. The number of carbonyl (C=O) groups is 2. The average molecular weight is 598 g/mol. The number of H-pyrrole nitrogens is 1. The van der Waals surface area contributed by atoms with Gasteiger partial charge < -0.3 is 25.1 Å². The lowest BCUT2D eigenvalue weighted by Gasteiger charge is -2.31. The van der Waals surface area contributed by atoms with Gasteiger partial charge in [-0.25, -0.2) is 0 Å². The molecule has 1 amide bonds. The van der Waals surface area contributed by atoms with E-state index in [9.17, 15) is 22.8 Å². The topological polar surface area (TPSA) is 114 Å². The van der Waals surface area contributed by atoms with Crippen LogP contribution in [0.5, 0.6) is 0 Å². The Balaban J connectivity index is 0.000000470. The molecule has 9 nitrogen and oxygen atoms in total. The Morgan fingerprint density at radius 3 is 2.30 bits per heavy atom. The number of halogens is 5. The van der Waals surface area contributed by atoms with E-state index in [1.807, 2.05) is 6.07 Å². The van der Waals surface area contributed by atoms with Crippen LogP contribution in [-0.2, 0) is 4.79 Å². The molecule has 5 rings (SSSR count). The summed E-state index contributed by atoms with van der Waals surface area (Å²) >= 11 is 12.4. The number of benzene rings is 2. The van der Waals surface area contributed by atoms with Crippen molar-refractivity contribution in [3.63, 3.8) is 0 Å². The van der Waals surface area contributed by atoms with Crippen molar-refractivity contribution in [2.45, 2.75) is 6.18 Å². The van der Waals surface area contributed by atoms with Crippen molar-refractivity contribution in [2.24, 2.45) is 0 Å². The second-order valence-corrected chi connectivity index (χ2v) is 9.81. The molecule has 0 saturated carbocycles. The second-order valence-electron chi connectivity index (χ2n) is 9.04. The number of hydrogen-bond donors (Lipinski definition) is 3. The van der Waals surface area contributed by atoms with E-state index in [1.54, 1.807) is 22.6 Å². The van der Waals surface area contributed by atoms with Crippen LogP contribution in [0.15, 0.2) is 59.4 Å². The molecule has 1 aliphatic rings. The van der Waals surface area contributed by atoms with Crippen LogP contribution in [0.4, 0.5) is 18.9 Å². The third kappa shape index (κ3) is 6.76. The number of nitrogens with zero attached hydrogens (tertiary/aromatic N) is 2. The summed E-state index contributed by atoms with van der Waals surface area (Å²) in [5, 5.41) is 12.4. The molecule has 1 aliphatic heterocycles. The molecule has 14 heteroatoms. The summed E-state index contributed by atoms with van der Waals surface area (Å²) in [6.45, 7) is 5.45. The first-order valence-corrected chi connectivity index (χ1v) is 12.9. The lowest BCUT2D eigenvalue weighted by molar-refractivity contribution is -0.838. The van der Waals surface area contributed by atoms with Crippen LogP contribution >= 0.6 is 23.2 Å². The highest BCUT2D eigenvalue weighted by Crippen LogP contribution is 2.28. The Labute approximate surface area is 235 Å². The number of quaternary nitrogens is 1. The molecule has 0 spiro atoms. The highest BCUT2D eigenvalue weighted by molar-refractivity contribution is 6.42. The van der Waals surface area contributed by atoms with Crippen LogP contribution in [0.2, 0.25) is 10.2 Å². The highest BCUT2D eigenvalue weighted by atomic mass is 35.5. The lowest BCUT2D eigenvalue weighted by atomic mass is 10.1. The van der Waals surface area contributed by atoms with Gasteiger partial charge in [0.05, 0.1) is 29.1 Å². The zero-order valence-electron chi connectivity index (χ0n) is 20.9. The number of aromatic nitrogens is 2. The number of para-hydroxylation sites is 1. The zero-order valence-corrected chi connectivity index (χ0v) is 22.4. The quantitative estimate of drug-likeness (QED) is 0.324. The SMILES string of the molecule is O=C(NCCN1CC[NH+](c2ccccc2)CC1)c1ccc2c(c1)[nH]c(=O)c1cc(Cl)c(Cl)n12.O=C([O-])C(F)(F)F. The average Bonchev–Trinajstić information content (AvgIpc) is 3.24. The molecule has 40 heavy (non-hydrogen) atoms. The molecule has 2 aromatic heterocycles. The summed E-state index contributed by atoms with van der Waals surface area (Å²) in [4.78, 5) is 40.6. The third-order valence-corrected chi connectivity index (χ3v) is 7.22. The summed E-state index contributed by atoms with van der Waals surface area (Å²) in [6.07, 6.45) is -5.19. The zero-order chi connectivity index (χ0) is 29.0. The summed E-state index contributed by atoms with van der Waals surface area (Å²) < 4.78 is 33.1. The molecule has 212 valence electrons. The number of carbonyl (C=O) groups excluding carboxylic acids is 2. The predicted molar refractivity (Wildman–Crippen MR) is 142 cm³/mol. The van der Waals surface area contributed by atoms with Gasteiger partial charge >= 0.3 is 6.18 Å². The van der Waals surface area contributed by atoms with Gasteiger partial charge in [0, 0.05) is 31.7 Å². The van der Waals surface area contributed by atoms with Crippen LogP contribution in [0.25, 0.3) is 16.6 Å². The van der Waals surface area contributed by atoms with Gasteiger partial charge in [0.2, 0.25) is 0 Å². The number of carboxylic acids is 1. The van der Waals surface area contributed by atoms with Crippen LogP contribution in [0.3, 0.4) is 0 Å². The number of hydrogen-bond acceptors (Lipinski definition) is 5. The molecule has 0 atom stereocenters.